The van der Waals surface area contributed by atoms with Crippen molar-refractivity contribution in [2.45, 2.75) is 33.0 Å². The Balaban J connectivity index is 2.24. The van der Waals surface area contributed by atoms with Crippen LogP contribution >= 0.6 is 19.8 Å². The molecule has 2 unspecified atom stereocenters. The van der Waals surface area contributed by atoms with E-state index in [1.54, 1.807) is 6.92 Å². The van der Waals surface area contributed by atoms with Crippen LogP contribution in [-0.2, 0) is 17.9 Å². The Bertz CT molecular complexity index is 909. The van der Waals surface area contributed by atoms with E-state index in [1.165, 1.54) is 31.3 Å². The van der Waals surface area contributed by atoms with Gasteiger partial charge < -0.3 is 25.6 Å². The van der Waals surface area contributed by atoms with Gasteiger partial charge in [-0.3, -0.25) is 9.51 Å². The minimum Gasteiger partial charge on any atom is -0.575 e. The predicted octanol–water partition coefficient (Wildman–Crippen LogP) is 2.49. The second-order valence-electron chi connectivity index (χ2n) is 5.74. The fourth-order valence-electron chi connectivity index (χ4n) is 2.16. The largest absolute Gasteiger partial charge is 0.575 e. The summed E-state index contributed by atoms with van der Waals surface area (Å²) in [6.07, 6.45) is 1.53. The molecular formula is C17H19ClN3O6P. The number of aromatic nitrogens is 1. The maximum absolute atomic E-state index is 12.0. The Morgan fingerprint density at radius 1 is 1.46 bits per heavy atom. The first-order chi connectivity index (χ1) is 13.2. The van der Waals surface area contributed by atoms with Crippen LogP contribution in [0.4, 0.5) is 0 Å². The number of aromatic hydroxyl groups is 1. The number of halogens is 1. The van der Waals surface area contributed by atoms with Crippen molar-refractivity contribution in [3.05, 3.63) is 46.2 Å². The predicted molar refractivity (Wildman–Crippen MR) is 101 cm³/mol. The van der Waals surface area contributed by atoms with Crippen molar-refractivity contribution in [3.63, 3.8) is 0 Å². The van der Waals surface area contributed by atoms with Crippen molar-refractivity contribution in [2.75, 3.05) is 0 Å². The van der Waals surface area contributed by atoms with E-state index in [-0.39, 0.29) is 30.4 Å². The van der Waals surface area contributed by atoms with Gasteiger partial charge in [0, 0.05) is 35.0 Å². The van der Waals surface area contributed by atoms with Crippen molar-refractivity contribution < 1.29 is 29.2 Å². The monoisotopic (exact) mass is 427 g/mol. The van der Waals surface area contributed by atoms with E-state index in [0.717, 1.165) is 0 Å². The SMILES string of the molecule is Cc1ncc(COc2cc(Cl)ccc2O[P+]([O-])=NC(C)C(=O)O)c(CN)c1O. The van der Waals surface area contributed by atoms with Crippen LogP contribution < -0.4 is 19.9 Å². The molecule has 1 aromatic carbocycles. The molecule has 2 aromatic rings. The van der Waals surface area contributed by atoms with Crippen molar-refractivity contribution in [1.29, 1.82) is 0 Å². The van der Waals surface area contributed by atoms with E-state index in [9.17, 15) is 14.8 Å². The average Bonchev–Trinajstić information content (AvgIpc) is 2.64. The van der Waals surface area contributed by atoms with Gasteiger partial charge in [-0.2, -0.15) is 0 Å². The van der Waals surface area contributed by atoms with Gasteiger partial charge in [-0.25, -0.2) is 4.79 Å². The molecule has 9 nitrogen and oxygen atoms in total. The zero-order valence-corrected chi connectivity index (χ0v) is 16.8. The molecule has 2 atom stereocenters. The third-order valence-corrected chi connectivity index (χ3v) is 4.85. The molecule has 4 N–H and O–H groups in total. The van der Waals surface area contributed by atoms with Gasteiger partial charge in [-0.1, -0.05) is 16.3 Å². The number of benzene rings is 1. The van der Waals surface area contributed by atoms with Crippen molar-refractivity contribution in [1.82, 2.24) is 4.98 Å². The van der Waals surface area contributed by atoms with Crippen LogP contribution in [-0.4, -0.2) is 27.2 Å². The molecule has 0 aliphatic rings. The van der Waals surface area contributed by atoms with Gasteiger partial charge in [0.2, 0.25) is 5.75 Å². The Kier molecular flexibility index (Phi) is 7.53. The summed E-state index contributed by atoms with van der Waals surface area (Å²) < 4.78 is 14.4. The number of carboxylic acid groups (broad SMARTS) is 1. The van der Waals surface area contributed by atoms with Crippen molar-refractivity contribution in [2.24, 2.45) is 10.5 Å². The maximum Gasteiger partial charge on any atom is 0.395 e. The van der Waals surface area contributed by atoms with Crippen LogP contribution in [0.1, 0.15) is 23.7 Å². The minimum atomic E-state index is -2.64. The van der Waals surface area contributed by atoms with Crippen LogP contribution in [0, 0.1) is 6.92 Å². The fourth-order valence-corrected chi connectivity index (χ4v) is 3.07. The zero-order valence-electron chi connectivity index (χ0n) is 15.1. The van der Waals surface area contributed by atoms with Gasteiger partial charge in [-0.15, -0.1) is 0 Å². The molecule has 28 heavy (non-hydrogen) atoms. The normalized spacial score (nSPS) is 12.5. The molecule has 150 valence electrons. The summed E-state index contributed by atoms with van der Waals surface area (Å²) in [6, 6.07) is 3.19. The third-order valence-electron chi connectivity index (χ3n) is 3.72. The van der Waals surface area contributed by atoms with E-state index >= 15 is 0 Å². The van der Waals surface area contributed by atoms with Crippen molar-refractivity contribution >= 4 is 25.7 Å². The van der Waals surface area contributed by atoms with Crippen LogP contribution in [0.5, 0.6) is 17.2 Å². The molecule has 0 saturated heterocycles. The standard InChI is InChI=1S/C17H19ClN3O6P/c1-9-16(22)13(6-19)11(7-20-9)8-26-15-5-12(18)3-4-14(15)27-28(25)21-10(2)17(23)24/h3-5,7,10,22H,6,8,19H2,1-2H3,(H,23,24). The van der Waals surface area contributed by atoms with Gasteiger partial charge in [0.15, 0.2) is 11.8 Å². The van der Waals surface area contributed by atoms with Gasteiger partial charge in [-0.05, 0) is 26.0 Å². The molecule has 1 heterocycles. The lowest BCUT2D eigenvalue weighted by Gasteiger charge is -2.13. The minimum absolute atomic E-state index is 0.00398. The average molecular weight is 428 g/mol. The zero-order chi connectivity index (χ0) is 20.8. The van der Waals surface area contributed by atoms with E-state index in [2.05, 4.69) is 9.73 Å². The number of pyridine rings is 1. The molecule has 11 heteroatoms. The van der Waals surface area contributed by atoms with Gasteiger partial charge >= 0.3 is 14.1 Å². The summed E-state index contributed by atoms with van der Waals surface area (Å²) in [4.78, 5) is 26.9. The lowest BCUT2D eigenvalue weighted by molar-refractivity contribution is -0.169. The highest BCUT2D eigenvalue weighted by Crippen LogP contribution is 2.36. The molecule has 0 saturated carbocycles. The van der Waals surface area contributed by atoms with Gasteiger partial charge in [0.05, 0.1) is 5.69 Å². The molecule has 1 aromatic heterocycles. The number of hydrogen-bond acceptors (Lipinski definition) is 8. The summed E-state index contributed by atoms with van der Waals surface area (Å²) in [5.41, 5.74) is 7.19. The number of aryl methyl sites for hydroxylation is 1. The first kappa shape index (κ1) is 21.8. The summed E-state index contributed by atoms with van der Waals surface area (Å²) in [6.45, 7) is 3.01. The highest BCUT2D eigenvalue weighted by molar-refractivity contribution is 7.34. The smallest absolute Gasteiger partial charge is 0.395 e. The Hall–Kier alpha value is -2.45. The lowest BCUT2D eigenvalue weighted by atomic mass is 10.1. The summed E-state index contributed by atoms with van der Waals surface area (Å²) in [5, 5.41) is 19.3. The second kappa shape index (κ2) is 9.66. The third kappa shape index (κ3) is 5.53. The quantitative estimate of drug-likeness (QED) is 0.543. The number of ether oxygens (including phenoxy) is 1. The molecule has 0 radical (unpaired) electrons. The van der Waals surface area contributed by atoms with Gasteiger partial charge in [0.25, 0.3) is 0 Å². The van der Waals surface area contributed by atoms with Crippen LogP contribution in [0.15, 0.2) is 29.1 Å². The number of hydrogen-bond donors (Lipinski definition) is 3. The highest BCUT2D eigenvalue weighted by atomic mass is 35.5. The van der Waals surface area contributed by atoms with E-state index < -0.39 is 20.2 Å². The number of carboxylic acids is 1. The fraction of sp³-hybridized carbons (Fsp3) is 0.294. The Morgan fingerprint density at radius 2 is 2.18 bits per heavy atom. The molecule has 0 aliphatic carbocycles. The molecule has 0 spiro atoms. The molecule has 0 amide bonds. The second-order valence-corrected chi connectivity index (χ2v) is 7.06. The number of nitrogens with two attached hydrogens (primary N) is 1. The topological polar surface area (TPSA) is 150 Å². The van der Waals surface area contributed by atoms with E-state index in [0.29, 0.717) is 21.8 Å². The van der Waals surface area contributed by atoms with Crippen LogP contribution in [0.25, 0.3) is 0 Å². The molecule has 2 rings (SSSR count). The molecule has 0 aliphatic heterocycles. The Labute approximate surface area is 167 Å². The van der Waals surface area contributed by atoms with E-state index in [1.807, 2.05) is 0 Å². The van der Waals surface area contributed by atoms with Crippen LogP contribution in [0.2, 0.25) is 5.02 Å². The molecule has 0 fully saturated rings. The summed E-state index contributed by atoms with van der Waals surface area (Å²) in [5.74, 6) is -0.987. The lowest BCUT2D eigenvalue weighted by Crippen LogP contribution is -2.13. The number of rotatable bonds is 8. The number of nitrogens with zero attached hydrogens (tertiary/aromatic N) is 2. The molecule has 0 bridgehead atoms. The first-order valence-corrected chi connectivity index (χ1v) is 9.61. The highest BCUT2D eigenvalue weighted by Gasteiger charge is 2.18. The summed E-state index contributed by atoms with van der Waals surface area (Å²) >= 11 is 5.98. The Morgan fingerprint density at radius 3 is 2.82 bits per heavy atom. The van der Waals surface area contributed by atoms with Gasteiger partial charge in [0.1, 0.15) is 12.4 Å². The van der Waals surface area contributed by atoms with Crippen LogP contribution in [0.3, 0.4) is 0 Å². The summed E-state index contributed by atoms with van der Waals surface area (Å²) in [7, 11) is -2.64. The number of aliphatic carboxylic acids is 1. The van der Waals surface area contributed by atoms with Crippen molar-refractivity contribution in [3.8, 4) is 17.2 Å². The van der Waals surface area contributed by atoms with E-state index in [4.69, 9.17) is 31.7 Å². The maximum atomic E-state index is 12.0. The first-order valence-electron chi connectivity index (χ1n) is 8.10. The molecular weight excluding hydrogens is 409 g/mol. The number of carbonyl (C=O) groups is 1.